The number of nitrogens with zero attached hydrogens (tertiary/aromatic N) is 1. The van der Waals surface area contributed by atoms with Gasteiger partial charge in [0.15, 0.2) is 0 Å². The molecule has 17 heavy (non-hydrogen) atoms. The maximum absolute atomic E-state index is 4.53. The van der Waals surface area contributed by atoms with Crippen molar-refractivity contribution in [2.24, 2.45) is 4.99 Å². The highest BCUT2D eigenvalue weighted by Crippen LogP contribution is 2.29. The topological polar surface area (TPSA) is 24.4 Å². The second-order valence-corrected chi connectivity index (χ2v) is 4.85. The van der Waals surface area contributed by atoms with Crippen LogP contribution in [0.1, 0.15) is 13.8 Å². The number of rotatable bonds is 2. The lowest BCUT2D eigenvalue weighted by Gasteiger charge is -2.10. The number of hydrogen-bond acceptors (Lipinski definition) is 3. The molecule has 0 amide bonds. The van der Waals surface area contributed by atoms with E-state index >= 15 is 0 Å². The summed E-state index contributed by atoms with van der Waals surface area (Å²) in [5, 5.41) is 3.39. The molecule has 0 aliphatic carbocycles. The van der Waals surface area contributed by atoms with Gasteiger partial charge in [-0.05, 0) is 26.0 Å². The fourth-order valence-electron chi connectivity index (χ4n) is 1.65. The Balaban J connectivity index is 0.00000144. The molecule has 0 spiro atoms. The summed E-state index contributed by atoms with van der Waals surface area (Å²) in [7, 11) is 0. The van der Waals surface area contributed by atoms with E-state index in [-0.39, 0.29) is 12.4 Å². The summed E-state index contributed by atoms with van der Waals surface area (Å²) in [4.78, 5) is 7.04. The van der Waals surface area contributed by atoms with Crippen molar-refractivity contribution in [3.05, 3.63) is 40.9 Å². The molecule has 92 valence electrons. The van der Waals surface area contributed by atoms with Gasteiger partial charge in [0.05, 0.1) is 11.4 Å². The molecule has 4 heteroatoms. The zero-order valence-electron chi connectivity index (χ0n) is 10.0. The first kappa shape index (κ1) is 14.1. The molecule has 0 saturated carbocycles. The third kappa shape index (κ3) is 3.79. The van der Waals surface area contributed by atoms with Gasteiger partial charge in [-0.3, -0.25) is 4.99 Å². The third-order valence-electron chi connectivity index (χ3n) is 2.48. The molecule has 1 aromatic rings. The highest BCUT2D eigenvalue weighted by atomic mass is 35.5. The van der Waals surface area contributed by atoms with Crippen LogP contribution in [0.4, 0.5) is 0 Å². The number of halogens is 1. The SMILES string of the molecule is CC1=NCCNC(C)=C1Sc1ccccc1.[Cl-]. The second kappa shape index (κ2) is 6.72. The largest absolute Gasteiger partial charge is 1.00 e. The fraction of sp³-hybridized carbons (Fsp3) is 0.308. The van der Waals surface area contributed by atoms with Gasteiger partial charge in [0.2, 0.25) is 0 Å². The van der Waals surface area contributed by atoms with E-state index in [2.05, 4.69) is 48.4 Å². The van der Waals surface area contributed by atoms with Crippen LogP contribution in [0, 0.1) is 0 Å². The number of aliphatic imine (C=N–C) groups is 1. The molecule has 1 N–H and O–H groups in total. The van der Waals surface area contributed by atoms with E-state index in [0.29, 0.717) is 0 Å². The second-order valence-electron chi connectivity index (χ2n) is 3.76. The number of allylic oxidation sites excluding steroid dienone is 2. The molecular formula is C13H16ClN2S-. The van der Waals surface area contributed by atoms with Crippen molar-refractivity contribution in [3.8, 4) is 0 Å². The molecule has 0 unspecified atom stereocenters. The van der Waals surface area contributed by atoms with E-state index < -0.39 is 0 Å². The molecule has 0 saturated heterocycles. The van der Waals surface area contributed by atoms with Gasteiger partial charge in [-0.1, -0.05) is 30.0 Å². The van der Waals surface area contributed by atoms with E-state index in [1.165, 1.54) is 15.5 Å². The summed E-state index contributed by atoms with van der Waals surface area (Å²) in [6, 6.07) is 10.4. The van der Waals surface area contributed by atoms with E-state index in [1.54, 1.807) is 11.8 Å². The maximum atomic E-state index is 4.53. The minimum absolute atomic E-state index is 0. The van der Waals surface area contributed by atoms with Crippen molar-refractivity contribution in [2.75, 3.05) is 13.1 Å². The molecule has 1 heterocycles. The van der Waals surface area contributed by atoms with Gasteiger partial charge in [-0.15, -0.1) is 0 Å². The van der Waals surface area contributed by atoms with Gasteiger partial charge in [0.25, 0.3) is 0 Å². The Morgan fingerprint density at radius 1 is 1.18 bits per heavy atom. The van der Waals surface area contributed by atoms with Gasteiger partial charge in [0, 0.05) is 22.8 Å². The first-order valence-electron chi connectivity index (χ1n) is 5.46. The molecule has 1 aliphatic heterocycles. The molecule has 0 fully saturated rings. The van der Waals surface area contributed by atoms with Crippen molar-refractivity contribution >= 4 is 17.5 Å². The van der Waals surface area contributed by atoms with Crippen molar-refractivity contribution in [2.45, 2.75) is 18.7 Å². The van der Waals surface area contributed by atoms with Crippen LogP contribution >= 0.6 is 11.8 Å². The maximum Gasteiger partial charge on any atom is 0.0565 e. The van der Waals surface area contributed by atoms with E-state index in [9.17, 15) is 0 Å². The molecule has 0 aromatic heterocycles. The van der Waals surface area contributed by atoms with Crippen molar-refractivity contribution in [1.29, 1.82) is 0 Å². The molecule has 0 radical (unpaired) electrons. The van der Waals surface area contributed by atoms with Gasteiger partial charge in [0.1, 0.15) is 0 Å². The monoisotopic (exact) mass is 267 g/mol. The summed E-state index contributed by atoms with van der Waals surface area (Å²) >= 11 is 1.78. The highest BCUT2D eigenvalue weighted by Gasteiger charge is 2.11. The Bertz CT molecular complexity index is 426. The Hall–Kier alpha value is -0.930. The van der Waals surface area contributed by atoms with Crippen molar-refractivity contribution in [1.82, 2.24) is 5.32 Å². The fourth-order valence-corrected chi connectivity index (χ4v) is 2.61. The smallest absolute Gasteiger partial charge is 0.0565 e. The minimum atomic E-state index is 0. The summed E-state index contributed by atoms with van der Waals surface area (Å²) in [5.74, 6) is 0. The molecular weight excluding hydrogens is 252 g/mol. The molecule has 1 aliphatic rings. The molecule has 0 bridgehead atoms. The van der Waals surface area contributed by atoms with Crippen LogP contribution in [0.25, 0.3) is 0 Å². The minimum Gasteiger partial charge on any atom is -1.00 e. The molecule has 0 atom stereocenters. The van der Waals surface area contributed by atoms with Crippen LogP contribution < -0.4 is 17.7 Å². The van der Waals surface area contributed by atoms with E-state index in [4.69, 9.17) is 0 Å². The standard InChI is InChI=1S/C13H16N2S.ClH/c1-10-13(11(2)15-9-8-14-10)16-12-6-4-3-5-7-12;/h3-7,14H,8-9H2,1-2H3;1H/p-1. The van der Waals surface area contributed by atoms with Crippen LogP contribution in [0.2, 0.25) is 0 Å². The van der Waals surface area contributed by atoms with Gasteiger partial charge in [-0.25, -0.2) is 0 Å². The number of benzene rings is 1. The quantitative estimate of drug-likeness (QED) is 0.821. The van der Waals surface area contributed by atoms with Gasteiger partial charge < -0.3 is 17.7 Å². The molecule has 2 nitrogen and oxygen atoms in total. The Morgan fingerprint density at radius 2 is 1.88 bits per heavy atom. The number of thioether (sulfide) groups is 1. The molecule has 2 rings (SSSR count). The Morgan fingerprint density at radius 3 is 2.59 bits per heavy atom. The average Bonchev–Trinajstić information content (AvgIpc) is 2.46. The first-order valence-corrected chi connectivity index (χ1v) is 6.28. The summed E-state index contributed by atoms with van der Waals surface area (Å²) < 4.78 is 0. The van der Waals surface area contributed by atoms with Crippen LogP contribution in [0.5, 0.6) is 0 Å². The molecule has 1 aromatic carbocycles. The number of hydrogen-bond donors (Lipinski definition) is 1. The third-order valence-corrected chi connectivity index (χ3v) is 3.80. The first-order chi connectivity index (χ1) is 7.77. The summed E-state index contributed by atoms with van der Waals surface area (Å²) in [5.41, 5.74) is 2.36. The van der Waals surface area contributed by atoms with Gasteiger partial charge >= 0.3 is 0 Å². The van der Waals surface area contributed by atoms with Crippen LogP contribution in [-0.2, 0) is 0 Å². The predicted octanol–water partition coefficient (Wildman–Crippen LogP) is 0.0783. The van der Waals surface area contributed by atoms with Gasteiger partial charge in [-0.2, -0.15) is 0 Å². The van der Waals surface area contributed by atoms with Crippen LogP contribution in [-0.4, -0.2) is 18.8 Å². The Kier molecular flexibility index (Phi) is 5.59. The lowest BCUT2D eigenvalue weighted by molar-refractivity contribution is -0.00000341. The zero-order valence-corrected chi connectivity index (χ0v) is 11.6. The highest BCUT2D eigenvalue weighted by molar-refractivity contribution is 8.04. The van der Waals surface area contributed by atoms with Crippen molar-refractivity contribution < 1.29 is 12.4 Å². The summed E-state index contributed by atoms with van der Waals surface area (Å²) in [6.45, 7) is 6.00. The number of nitrogens with one attached hydrogen (secondary N) is 1. The lowest BCUT2D eigenvalue weighted by atomic mass is 10.3. The summed E-state index contributed by atoms with van der Waals surface area (Å²) in [6.07, 6.45) is 0. The van der Waals surface area contributed by atoms with Crippen LogP contribution in [0.15, 0.2) is 50.8 Å². The predicted molar refractivity (Wildman–Crippen MR) is 71.0 cm³/mol. The van der Waals surface area contributed by atoms with Crippen molar-refractivity contribution in [3.63, 3.8) is 0 Å². The zero-order chi connectivity index (χ0) is 11.4. The average molecular weight is 268 g/mol. The van der Waals surface area contributed by atoms with E-state index in [0.717, 1.165) is 18.8 Å². The van der Waals surface area contributed by atoms with Crippen LogP contribution in [0.3, 0.4) is 0 Å². The Labute approximate surface area is 113 Å². The normalized spacial score (nSPS) is 15.5. The lowest BCUT2D eigenvalue weighted by Crippen LogP contribution is -3.00. The van der Waals surface area contributed by atoms with E-state index in [1.807, 2.05) is 6.07 Å².